The number of piperidine rings is 1. The number of carbonyl (C=O) groups is 1. The van der Waals surface area contributed by atoms with Crippen molar-refractivity contribution in [2.75, 3.05) is 39.3 Å². The Morgan fingerprint density at radius 2 is 1.64 bits per heavy atom. The van der Waals surface area contributed by atoms with Gasteiger partial charge in [-0.15, -0.1) is 0 Å². The number of rotatable bonds is 5. The SMILES string of the molecule is CC1CCN(S(=O)(=O)c2ccc(C(=O)N3CCN(Cc4c(F)cccc4Cl)CC3)cc2)CC1. The Balaban J connectivity index is 1.35. The molecule has 2 fully saturated rings. The molecule has 0 saturated carbocycles. The minimum absolute atomic E-state index is 0.130. The molecule has 0 N–H and O–H groups in total. The molecule has 2 aromatic carbocycles. The molecule has 1 amide bonds. The van der Waals surface area contributed by atoms with Crippen LogP contribution >= 0.6 is 11.6 Å². The van der Waals surface area contributed by atoms with Crippen molar-refractivity contribution >= 4 is 27.5 Å². The fraction of sp³-hybridized carbons (Fsp3) is 0.458. The van der Waals surface area contributed by atoms with Gasteiger partial charge in [-0.2, -0.15) is 4.31 Å². The van der Waals surface area contributed by atoms with Crippen LogP contribution in [0.2, 0.25) is 5.02 Å². The smallest absolute Gasteiger partial charge is 0.253 e. The highest BCUT2D eigenvalue weighted by Crippen LogP contribution is 2.24. The summed E-state index contributed by atoms with van der Waals surface area (Å²) in [6.45, 7) is 5.84. The molecule has 6 nitrogen and oxygen atoms in total. The number of halogens is 2. The summed E-state index contributed by atoms with van der Waals surface area (Å²) >= 11 is 6.13. The van der Waals surface area contributed by atoms with Gasteiger partial charge >= 0.3 is 0 Å². The highest BCUT2D eigenvalue weighted by molar-refractivity contribution is 7.89. The third-order valence-corrected chi connectivity index (χ3v) is 8.85. The largest absolute Gasteiger partial charge is 0.336 e. The minimum Gasteiger partial charge on any atom is -0.336 e. The van der Waals surface area contributed by atoms with E-state index in [1.807, 2.05) is 0 Å². The minimum atomic E-state index is -3.54. The van der Waals surface area contributed by atoms with Crippen LogP contribution in [0.3, 0.4) is 0 Å². The normalized spacial score (nSPS) is 19.1. The molecule has 2 aliphatic rings. The van der Waals surface area contributed by atoms with Gasteiger partial charge in [0.05, 0.1) is 4.90 Å². The lowest BCUT2D eigenvalue weighted by Crippen LogP contribution is -2.48. The van der Waals surface area contributed by atoms with E-state index in [2.05, 4.69) is 11.8 Å². The van der Waals surface area contributed by atoms with Gasteiger partial charge in [0.1, 0.15) is 5.82 Å². The zero-order valence-electron chi connectivity index (χ0n) is 18.7. The quantitative estimate of drug-likeness (QED) is 0.634. The monoisotopic (exact) mass is 493 g/mol. The topological polar surface area (TPSA) is 60.9 Å². The van der Waals surface area contributed by atoms with Crippen molar-refractivity contribution < 1.29 is 17.6 Å². The molecule has 0 radical (unpaired) electrons. The van der Waals surface area contributed by atoms with Crippen LogP contribution in [-0.2, 0) is 16.6 Å². The first-order valence-corrected chi connectivity index (χ1v) is 13.1. The first kappa shape index (κ1) is 24.1. The van der Waals surface area contributed by atoms with Gasteiger partial charge in [0, 0.05) is 62.0 Å². The second-order valence-corrected chi connectivity index (χ2v) is 11.2. The van der Waals surface area contributed by atoms with Crippen molar-refractivity contribution in [1.29, 1.82) is 0 Å². The van der Waals surface area contributed by atoms with Crippen molar-refractivity contribution in [3.05, 3.63) is 64.4 Å². The van der Waals surface area contributed by atoms with E-state index >= 15 is 0 Å². The molecule has 2 saturated heterocycles. The molecule has 2 heterocycles. The first-order chi connectivity index (χ1) is 15.8. The van der Waals surface area contributed by atoms with Gasteiger partial charge in [0.2, 0.25) is 10.0 Å². The number of amides is 1. The first-order valence-electron chi connectivity index (χ1n) is 11.3. The second kappa shape index (κ2) is 10.1. The molecule has 178 valence electrons. The lowest BCUT2D eigenvalue weighted by atomic mass is 10.0. The van der Waals surface area contributed by atoms with Crippen LogP contribution in [-0.4, -0.2) is 67.7 Å². The molecule has 33 heavy (non-hydrogen) atoms. The summed E-state index contributed by atoms with van der Waals surface area (Å²) in [5.41, 5.74) is 0.936. The van der Waals surface area contributed by atoms with Gasteiger partial charge in [-0.1, -0.05) is 24.6 Å². The van der Waals surface area contributed by atoms with Gasteiger partial charge in [-0.3, -0.25) is 9.69 Å². The van der Waals surface area contributed by atoms with Crippen LogP contribution in [0, 0.1) is 11.7 Å². The van der Waals surface area contributed by atoms with Gasteiger partial charge < -0.3 is 4.90 Å². The van der Waals surface area contributed by atoms with E-state index in [1.54, 1.807) is 29.2 Å². The van der Waals surface area contributed by atoms with Crippen LogP contribution < -0.4 is 0 Å². The molecule has 0 aromatic heterocycles. The Bertz CT molecular complexity index is 1070. The van der Waals surface area contributed by atoms with Crippen molar-refractivity contribution in [3.63, 3.8) is 0 Å². The van der Waals surface area contributed by atoms with Gasteiger partial charge in [0.25, 0.3) is 5.91 Å². The third kappa shape index (κ3) is 5.40. The summed E-state index contributed by atoms with van der Waals surface area (Å²) < 4.78 is 41.4. The summed E-state index contributed by atoms with van der Waals surface area (Å²) in [6.07, 6.45) is 1.73. The summed E-state index contributed by atoms with van der Waals surface area (Å²) in [4.78, 5) is 17.0. The fourth-order valence-electron chi connectivity index (χ4n) is 4.34. The van der Waals surface area contributed by atoms with E-state index < -0.39 is 10.0 Å². The summed E-state index contributed by atoms with van der Waals surface area (Å²) in [7, 11) is -3.54. The van der Waals surface area contributed by atoms with Crippen LogP contribution in [0.15, 0.2) is 47.4 Å². The van der Waals surface area contributed by atoms with E-state index in [4.69, 9.17) is 11.6 Å². The Labute approximate surface area is 200 Å². The van der Waals surface area contributed by atoms with E-state index in [0.717, 1.165) is 12.8 Å². The van der Waals surface area contributed by atoms with E-state index in [1.165, 1.54) is 22.5 Å². The fourth-order valence-corrected chi connectivity index (χ4v) is 6.03. The molecule has 4 rings (SSSR count). The Hall–Kier alpha value is -2.00. The van der Waals surface area contributed by atoms with E-state index in [0.29, 0.717) is 67.9 Å². The molecule has 0 atom stereocenters. The van der Waals surface area contributed by atoms with Crippen molar-refractivity contribution in [3.8, 4) is 0 Å². The Morgan fingerprint density at radius 3 is 2.24 bits per heavy atom. The average molecular weight is 494 g/mol. The Kier molecular flexibility index (Phi) is 7.38. The maximum absolute atomic E-state index is 14.1. The molecule has 0 unspecified atom stereocenters. The highest BCUT2D eigenvalue weighted by Gasteiger charge is 2.29. The van der Waals surface area contributed by atoms with Crippen molar-refractivity contribution in [1.82, 2.24) is 14.1 Å². The Morgan fingerprint density at radius 1 is 1.00 bits per heavy atom. The molecule has 2 aromatic rings. The zero-order chi connectivity index (χ0) is 23.6. The molecule has 0 aliphatic carbocycles. The van der Waals surface area contributed by atoms with Gasteiger partial charge in [-0.05, 0) is 55.2 Å². The number of nitrogens with zero attached hydrogens (tertiary/aromatic N) is 3. The maximum atomic E-state index is 14.1. The molecular weight excluding hydrogens is 465 g/mol. The van der Waals surface area contributed by atoms with Crippen LogP contribution in [0.5, 0.6) is 0 Å². The number of benzene rings is 2. The number of hydrogen-bond donors (Lipinski definition) is 0. The van der Waals surface area contributed by atoms with Crippen LogP contribution in [0.25, 0.3) is 0 Å². The maximum Gasteiger partial charge on any atom is 0.253 e. The highest BCUT2D eigenvalue weighted by atomic mass is 35.5. The standard InChI is InChI=1S/C24H29ClFN3O3S/c1-18-9-11-29(12-10-18)33(31,32)20-7-5-19(6-8-20)24(30)28-15-13-27(14-16-28)17-21-22(25)3-2-4-23(21)26/h2-8,18H,9-17H2,1H3. The number of piperazine rings is 1. The zero-order valence-corrected chi connectivity index (χ0v) is 20.3. The molecule has 9 heteroatoms. The van der Waals surface area contributed by atoms with Crippen LogP contribution in [0.1, 0.15) is 35.7 Å². The van der Waals surface area contributed by atoms with E-state index in [-0.39, 0.29) is 16.6 Å². The van der Waals surface area contributed by atoms with Crippen molar-refractivity contribution in [2.24, 2.45) is 5.92 Å². The molecule has 2 aliphatic heterocycles. The predicted octanol–water partition coefficient (Wildman–Crippen LogP) is 3.86. The second-order valence-electron chi connectivity index (χ2n) is 8.88. The lowest BCUT2D eigenvalue weighted by molar-refractivity contribution is 0.0627. The van der Waals surface area contributed by atoms with Crippen LogP contribution in [0.4, 0.5) is 4.39 Å². The lowest BCUT2D eigenvalue weighted by Gasteiger charge is -2.35. The molecule has 0 bridgehead atoms. The van der Waals surface area contributed by atoms with E-state index in [9.17, 15) is 17.6 Å². The molecular formula is C24H29ClFN3O3S. The van der Waals surface area contributed by atoms with Gasteiger partial charge in [-0.25, -0.2) is 12.8 Å². The number of carbonyl (C=O) groups excluding carboxylic acids is 1. The summed E-state index contributed by atoms with van der Waals surface area (Å²) in [6, 6.07) is 10.9. The molecule has 0 spiro atoms. The third-order valence-electron chi connectivity index (χ3n) is 6.58. The average Bonchev–Trinajstić information content (AvgIpc) is 2.82. The predicted molar refractivity (Wildman–Crippen MR) is 126 cm³/mol. The van der Waals surface area contributed by atoms with Gasteiger partial charge in [0.15, 0.2) is 0 Å². The number of sulfonamides is 1. The summed E-state index contributed by atoms with van der Waals surface area (Å²) in [5, 5.41) is 0.405. The summed E-state index contributed by atoms with van der Waals surface area (Å²) in [5.74, 6) is 0.0880. The number of hydrogen-bond acceptors (Lipinski definition) is 4. The van der Waals surface area contributed by atoms with Crippen molar-refractivity contribution in [2.45, 2.75) is 31.2 Å².